The van der Waals surface area contributed by atoms with Crippen LogP contribution in [-0.2, 0) is 11.2 Å². The van der Waals surface area contributed by atoms with Crippen molar-refractivity contribution < 1.29 is 14.2 Å². The topological polar surface area (TPSA) is 29.5 Å². The van der Waals surface area contributed by atoms with E-state index >= 15 is 0 Å². The van der Waals surface area contributed by atoms with Gasteiger partial charge < -0.3 is 9.84 Å². The molecule has 1 aromatic carbocycles. The van der Waals surface area contributed by atoms with Gasteiger partial charge in [0.05, 0.1) is 11.2 Å². The Balaban J connectivity index is 1.73. The first kappa shape index (κ1) is 15.0. The lowest BCUT2D eigenvalue weighted by Gasteiger charge is -2.44. The van der Waals surface area contributed by atoms with E-state index in [1.54, 1.807) is 12.1 Å². The van der Waals surface area contributed by atoms with Crippen molar-refractivity contribution in [1.29, 1.82) is 0 Å². The lowest BCUT2D eigenvalue weighted by atomic mass is 9.73. The summed E-state index contributed by atoms with van der Waals surface area (Å²) in [5, 5.41) is 10.9. The zero-order chi connectivity index (χ0) is 14.9. The van der Waals surface area contributed by atoms with Gasteiger partial charge >= 0.3 is 0 Å². The SMILES string of the molecule is CC(O)(Cc1ccccc1F)C1CCOC2(CCCC2)C1. The number of halogens is 1. The fraction of sp³-hybridized carbons (Fsp3) is 0.667. The third-order valence-electron chi connectivity index (χ3n) is 5.39. The first-order valence-corrected chi connectivity index (χ1v) is 8.11. The third-order valence-corrected chi connectivity index (χ3v) is 5.39. The van der Waals surface area contributed by atoms with Crippen molar-refractivity contribution in [2.75, 3.05) is 6.61 Å². The van der Waals surface area contributed by atoms with E-state index in [1.807, 2.05) is 13.0 Å². The Hall–Kier alpha value is -0.930. The Morgan fingerprint density at radius 3 is 2.76 bits per heavy atom. The van der Waals surface area contributed by atoms with Crippen LogP contribution in [0.3, 0.4) is 0 Å². The van der Waals surface area contributed by atoms with Crippen LogP contribution in [0, 0.1) is 11.7 Å². The van der Waals surface area contributed by atoms with Gasteiger partial charge in [-0.1, -0.05) is 31.0 Å². The average Bonchev–Trinajstić information content (AvgIpc) is 2.89. The second kappa shape index (κ2) is 5.69. The standard InChI is InChI=1S/C18H25FO2/c1-17(20,12-14-6-2-3-7-16(14)19)15-8-11-21-18(13-15)9-4-5-10-18/h2-3,6-7,15,20H,4-5,8-13H2,1H3. The summed E-state index contributed by atoms with van der Waals surface area (Å²) in [5.41, 5.74) is -0.279. The van der Waals surface area contributed by atoms with Gasteiger partial charge in [-0.15, -0.1) is 0 Å². The first-order valence-electron chi connectivity index (χ1n) is 8.11. The maximum Gasteiger partial charge on any atom is 0.126 e. The molecule has 1 spiro atoms. The van der Waals surface area contributed by atoms with E-state index in [4.69, 9.17) is 4.74 Å². The highest BCUT2D eigenvalue weighted by Gasteiger charge is 2.45. The van der Waals surface area contributed by atoms with Crippen LogP contribution in [0.25, 0.3) is 0 Å². The molecule has 1 saturated heterocycles. The molecular formula is C18H25FO2. The van der Waals surface area contributed by atoms with Crippen LogP contribution >= 0.6 is 0 Å². The zero-order valence-electron chi connectivity index (χ0n) is 12.8. The van der Waals surface area contributed by atoms with Crippen molar-refractivity contribution >= 4 is 0 Å². The quantitative estimate of drug-likeness (QED) is 0.916. The van der Waals surface area contributed by atoms with Crippen molar-refractivity contribution in [3.63, 3.8) is 0 Å². The highest BCUT2D eigenvalue weighted by Crippen LogP contribution is 2.45. The van der Waals surface area contributed by atoms with E-state index in [2.05, 4.69) is 0 Å². The van der Waals surface area contributed by atoms with Gasteiger partial charge in [0, 0.05) is 13.0 Å². The molecule has 1 aliphatic carbocycles. The van der Waals surface area contributed by atoms with Crippen molar-refractivity contribution in [1.82, 2.24) is 0 Å². The first-order chi connectivity index (χ1) is 10.0. The number of ether oxygens (including phenoxy) is 1. The molecule has 3 rings (SSSR count). The van der Waals surface area contributed by atoms with Gasteiger partial charge in [0.15, 0.2) is 0 Å². The maximum absolute atomic E-state index is 13.8. The van der Waals surface area contributed by atoms with Crippen LogP contribution in [0.2, 0.25) is 0 Å². The summed E-state index contributed by atoms with van der Waals surface area (Å²) >= 11 is 0. The molecule has 2 unspecified atom stereocenters. The van der Waals surface area contributed by atoms with E-state index in [0.717, 1.165) is 32.3 Å². The molecule has 1 N–H and O–H groups in total. The van der Waals surface area contributed by atoms with Crippen LogP contribution in [0.5, 0.6) is 0 Å². The smallest absolute Gasteiger partial charge is 0.126 e. The minimum atomic E-state index is -0.873. The van der Waals surface area contributed by atoms with E-state index in [9.17, 15) is 9.50 Å². The lowest BCUT2D eigenvalue weighted by Crippen LogP contribution is -2.47. The van der Waals surface area contributed by atoms with Crippen LogP contribution < -0.4 is 0 Å². The molecule has 0 amide bonds. The number of hydrogen-bond donors (Lipinski definition) is 1. The second-order valence-electron chi connectivity index (χ2n) is 7.05. The van der Waals surface area contributed by atoms with E-state index in [0.29, 0.717) is 12.0 Å². The van der Waals surface area contributed by atoms with Crippen molar-refractivity contribution in [2.45, 2.75) is 63.1 Å². The summed E-state index contributed by atoms with van der Waals surface area (Å²) < 4.78 is 19.9. The molecule has 3 heteroatoms. The van der Waals surface area contributed by atoms with Gasteiger partial charge in [0.25, 0.3) is 0 Å². The molecule has 2 fully saturated rings. The second-order valence-corrected chi connectivity index (χ2v) is 7.05. The molecule has 0 aromatic heterocycles. The summed E-state index contributed by atoms with van der Waals surface area (Å²) in [7, 11) is 0. The molecular weight excluding hydrogens is 267 g/mol. The third kappa shape index (κ3) is 3.14. The van der Waals surface area contributed by atoms with Gasteiger partial charge in [-0.05, 0) is 50.2 Å². The maximum atomic E-state index is 13.8. The number of aliphatic hydroxyl groups is 1. The fourth-order valence-electron chi connectivity index (χ4n) is 4.10. The Labute approximate surface area is 126 Å². The summed E-state index contributed by atoms with van der Waals surface area (Å²) in [6.07, 6.45) is 6.82. The van der Waals surface area contributed by atoms with E-state index < -0.39 is 5.60 Å². The molecule has 0 bridgehead atoms. The highest BCUT2D eigenvalue weighted by molar-refractivity contribution is 5.19. The van der Waals surface area contributed by atoms with Crippen molar-refractivity contribution in [3.05, 3.63) is 35.6 Å². The van der Waals surface area contributed by atoms with Crippen LogP contribution in [-0.4, -0.2) is 22.9 Å². The Kier molecular flexibility index (Phi) is 4.06. The predicted molar refractivity (Wildman–Crippen MR) is 80.6 cm³/mol. The van der Waals surface area contributed by atoms with Gasteiger partial charge in [-0.25, -0.2) is 4.39 Å². The van der Waals surface area contributed by atoms with Gasteiger partial charge in [-0.3, -0.25) is 0 Å². The monoisotopic (exact) mass is 292 g/mol. The van der Waals surface area contributed by atoms with Gasteiger partial charge in [-0.2, -0.15) is 0 Å². The molecule has 1 saturated carbocycles. The average molecular weight is 292 g/mol. The summed E-state index contributed by atoms with van der Waals surface area (Å²) in [4.78, 5) is 0. The van der Waals surface area contributed by atoms with Crippen molar-refractivity contribution in [3.8, 4) is 0 Å². The molecule has 2 aliphatic rings. The molecule has 1 aliphatic heterocycles. The number of hydrogen-bond acceptors (Lipinski definition) is 2. The molecule has 2 nitrogen and oxygen atoms in total. The van der Waals surface area contributed by atoms with E-state index in [1.165, 1.54) is 18.9 Å². The molecule has 2 atom stereocenters. The highest BCUT2D eigenvalue weighted by atomic mass is 19.1. The fourth-order valence-corrected chi connectivity index (χ4v) is 4.10. The molecule has 1 heterocycles. The Morgan fingerprint density at radius 1 is 1.33 bits per heavy atom. The van der Waals surface area contributed by atoms with E-state index in [-0.39, 0.29) is 17.3 Å². The molecule has 21 heavy (non-hydrogen) atoms. The van der Waals surface area contributed by atoms with Crippen molar-refractivity contribution in [2.24, 2.45) is 5.92 Å². The van der Waals surface area contributed by atoms with Crippen LogP contribution in [0.1, 0.15) is 51.0 Å². The normalized spacial score (nSPS) is 27.7. The van der Waals surface area contributed by atoms with Gasteiger partial charge in [0.1, 0.15) is 5.82 Å². The minimum absolute atomic E-state index is 0.0118. The number of benzene rings is 1. The zero-order valence-corrected chi connectivity index (χ0v) is 12.8. The predicted octanol–water partition coefficient (Wildman–Crippen LogP) is 3.86. The summed E-state index contributed by atoms with van der Waals surface area (Å²) in [6, 6.07) is 6.76. The lowest BCUT2D eigenvalue weighted by molar-refractivity contribution is -0.135. The minimum Gasteiger partial charge on any atom is -0.390 e. The Morgan fingerprint density at radius 2 is 2.05 bits per heavy atom. The molecule has 116 valence electrons. The Bertz CT molecular complexity index is 492. The largest absolute Gasteiger partial charge is 0.390 e. The van der Waals surface area contributed by atoms with Gasteiger partial charge in [0.2, 0.25) is 0 Å². The van der Waals surface area contributed by atoms with Crippen LogP contribution in [0.4, 0.5) is 4.39 Å². The molecule has 1 aromatic rings. The summed E-state index contributed by atoms with van der Waals surface area (Å²) in [5.74, 6) is -0.0376. The number of rotatable bonds is 3. The molecule has 0 radical (unpaired) electrons. The van der Waals surface area contributed by atoms with Crippen LogP contribution in [0.15, 0.2) is 24.3 Å². The summed E-state index contributed by atoms with van der Waals surface area (Å²) in [6.45, 7) is 2.58.